The van der Waals surface area contributed by atoms with Gasteiger partial charge in [-0.2, -0.15) is 5.10 Å². The number of anilines is 2. The summed E-state index contributed by atoms with van der Waals surface area (Å²) in [7, 11) is 0. The maximum absolute atomic E-state index is 11.4. The van der Waals surface area contributed by atoms with Crippen LogP contribution >= 0.6 is 11.6 Å². The number of rotatable bonds is 3. The summed E-state index contributed by atoms with van der Waals surface area (Å²) in [4.78, 5) is 20.5. The normalized spacial score (nSPS) is 13.5. The lowest BCUT2D eigenvalue weighted by atomic mass is 10.0. The second kappa shape index (κ2) is 6.26. The minimum atomic E-state index is -0.548. The van der Waals surface area contributed by atoms with Gasteiger partial charge in [0, 0.05) is 41.4 Å². The molecule has 0 unspecified atom stereocenters. The number of hydrogen-bond donors (Lipinski definition) is 2. The Hall–Kier alpha value is -3.20. The first-order valence-corrected chi connectivity index (χ1v) is 8.24. The number of aromatic nitrogens is 4. The largest absolute Gasteiger partial charge is 0.378 e. The summed E-state index contributed by atoms with van der Waals surface area (Å²) in [6, 6.07) is 7.41. The first kappa shape index (κ1) is 16.3. The Kier molecular flexibility index (Phi) is 3.92. The van der Waals surface area contributed by atoms with Crippen molar-refractivity contribution in [3.8, 4) is 11.3 Å². The van der Waals surface area contributed by atoms with Crippen LogP contribution in [0.2, 0.25) is 5.02 Å². The van der Waals surface area contributed by atoms with Crippen LogP contribution in [0.5, 0.6) is 0 Å². The molecule has 10 heteroatoms. The molecule has 9 nitrogen and oxygen atoms in total. The number of fused-ring (bicyclic) bond motifs is 1. The van der Waals surface area contributed by atoms with Crippen LogP contribution < -0.4 is 10.6 Å². The summed E-state index contributed by atoms with van der Waals surface area (Å²) in [5.41, 5.74) is 9.04. The van der Waals surface area contributed by atoms with Crippen LogP contribution in [-0.2, 0) is 13.0 Å². The van der Waals surface area contributed by atoms with Gasteiger partial charge in [-0.3, -0.25) is 15.2 Å². The van der Waals surface area contributed by atoms with Crippen molar-refractivity contribution in [3.63, 3.8) is 0 Å². The molecule has 1 aromatic carbocycles. The molecule has 0 radical (unpaired) electrons. The van der Waals surface area contributed by atoms with Gasteiger partial charge in [0.2, 0.25) is 11.6 Å². The third kappa shape index (κ3) is 2.72. The number of nitro groups is 1. The van der Waals surface area contributed by atoms with E-state index in [4.69, 9.17) is 17.3 Å². The highest BCUT2D eigenvalue weighted by molar-refractivity contribution is 6.30. The zero-order valence-corrected chi connectivity index (χ0v) is 14.3. The van der Waals surface area contributed by atoms with Gasteiger partial charge in [0.05, 0.1) is 10.6 Å². The monoisotopic (exact) mass is 371 g/mol. The number of nitrogens with zero attached hydrogens (tertiary/aromatic N) is 5. The van der Waals surface area contributed by atoms with Crippen molar-refractivity contribution in [2.75, 3.05) is 17.2 Å². The zero-order chi connectivity index (χ0) is 18.3. The van der Waals surface area contributed by atoms with Crippen molar-refractivity contribution in [1.82, 2.24) is 20.2 Å². The van der Waals surface area contributed by atoms with Crippen molar-refractivity contribution >= 4 is 28.9 Å². The smallest absolute Gasteiger partial charge is 0.353 e. The van der Waals surface area contributed by atoms with E-state index in [1.165, 1.54) is 6.33 Å². The SMILES string of the molecule is Nc1ncnc(N2CCc3[nH]nc(-c4cccc(Cl)c4)c3C2)c1[N+](=O)[O-]. The molecule has 0 bridgehead atoms. The molecular weight excluding hydrogens is 358 g/mol. The molecule has 26 heavy (non-hydrogen) atoms. The first-order chi connectivity index (χ1) is 12.5. The topological polar surface area (TPSA) is 127 Å². The minimum absolute atomic E-state index is 0.145. The van der Waals surface area contributed by atoms with Crippen molar-refractivity contribution in [3.05, 3.63) is 57.0 Å². The van der Waals surface area contributed by atoms with Gasteiger partial charge in [-0.05, 0) is 12.1 Å². The van der Waals surface area contributed by atoms with Crippen LogP contribution in [0.25, 0.3) is 11.3 Å². The second-order valence-corrected chi connectivity index (χ2v) is 6.34. The molecule has 132 valence electrons. The van der Waals surface area contributed by atoms with Gasteiger partial charge in [-0.15, -0.1) is 0 Å². The Bertz CT molecular complexity index is 1000. The molecule has 2 aromatic heterocycles. The lowest BCUT2D eigenvalue weighted by Crippen LogP contribution is -2.31. The molecule has 0 spiro atoms. The van der Waals surface area contributed by atoms with E-state index in [9.17, 15) is 10.1 Å². The van der Waals surface area contributed by atoms with Crippen molar-refractivity contribution in [2.45, 2.75) is 13.0 Å². The van der Waals surface area contributed by atoms with E-state index in [2.05, 4.69) is 20.2 Å². The zero-order valence-electron chi connectivity index (χ0n) is 13.5. The van der Waals surface area contributed by atoms with Crippen molar-refractivity contribution in [2.24, 2.45) is 0 Å². The predicted molar refractivity (Wildman–Crippen MR) is 96.9 cm³/mol. The summed E-state index contributed by atoms with van der Waals surface area (Å²) < 4.78 is 0. The van der Waals surface area contributed by atoms with E-state index in [0.717, 1.165) is 22.5 Å². The van der Waals surface area contributed by atoms with Crippen LogP contribution in [0.15, 0.2) is 30.6 Å². The maximum atomic E-state index is 11.4. The Balaban J connectivity index is 1.74. The highest BCUT2D eigenvalue weighted by Crippen LogP contribution is 2.35. The summed E-state index contributed by atoms with van der Waals surface area (Å²) in [6.45, 7) is 0.979. The fourth-order valence-corrected chi connectivity index (χ4v) is 3.33. The van der Waals surface area contributed by atoms with E-state index >= 15 is 0 Å². The van der Waals surface area contributed by atoms with Crippen LogP contribution in [0.4, 0.5) is 17.3 Å². The lowest BCUT2D eigenvalue weighted by Gasteiger charge is -2.27. The average Bonchev–Trinajstić information content (AvgIpc) is 3.04. The fraction of sp³-hybridized carbons (Fsp3) is 0.188. The number of hydrogen-bond acceptors (Lipinski definition) is 7. The summed E-state index contributed by atoms with van der Waals surface area (Å²) in [6.07, 6.45) is 1.89. The Labute approximate surface area is 153 Å². The molecule has 1 aliphatic heterocycles. The van der Waals surface area contributed by atoms with E-state index in [1.807, 2.05) is 23.1 Å². The molecule has 0 saturated carbocycles. The van der Waals surface area contributed by atoms with E-state index < -0.39 is 4.92 Å². The molecule has 1 aliphatic rings. The third-order valence-corrected chi connectivity index (χ3v) is 4.58. The van der Waals surface area contributed by atoms with E-state index in [1.54, 1.807) is 6.07 Å². The Morgan fingerprint density at radius 2 is 2.19 bits per heavy atom. The molecule has 0 amide bonds. The quantitative estimate of drug-likeness (QED) is 0.535. The van der Waals surface area contributed by atoms with Crippen LogP contribution in [0, 0.1) is 10.1 Å². The van der Waals surface area contributed by atoms with E-state index in [0.29, 0.717) is 24.5 Å². The van der Waals surface area contributed by atoms with Gasteiger partial charge in [-0.1, -0.05) is 23.7 Å². The van der Waals surface area contributed by atoms with Gasteiger partial charge in [0.1, 0.15) is 6.33 Å². The van der Waals surface area contributed by atoms with E-state index in [-0.39, 0.29) is 17.3 Å². The molecule has 3 heterocycles. The average molecular weight is 372 g/mol. The third-order valence-electron chi connectivity index (χ3n) is 4.34. The standard InChI is InChI=1S/C16H14ClN7O2/c17-10-3-1-2-9(6-10)13-11-7-23(5-4-12(11)21-22-13)16-14(24(25)26)15(18)19-8-20-16/h1-3,6,8H,4-5,7H2,(H,21,22)(H2,18,19,20). The number of nitrogens with one attached hydrogen (secondary N) is 1. The highest BCUT2D eigenvalue weighted by Gasteiger charge is 2.30. The van der Waals surface area contributed by atoms with Gasteiger partial charge >= 0.3 is 5.69 Å². The lowest BCUT2D eigenvalue weighted by molar-refractivity contribution is -0.383. The molecule has 3 aromatic rings. The van der Waals surface area contributed by atoms with Gasteiger partial charge < -0.3 is 10.6 Å². The molecular formula is C16H14ClN7O2. The van der Waals surface area contributed by atoms with Crippen LogP contribution in [0.3, 0.4) is 0 Å². The highest BCUT2D eigenvalue weighted by atomic mass is 35.5. The van der Waals surface area contributed by atoms with Crippen LogP contribution in [0.1, 0.15) is 11.3 Å². The van der Waals surface area contributed by atoms with Gasteiger partial charge in [0.15, 0.2) is 0 Å². The first-order valence-electron chi connectivity index (χ1n) is 7.86. The molecule has 0 saturated heterocycles. The number of nitrogen functional groups attached to an aromatic ring is 1. The number of benzene rings is 1. The molecule has 0 atom stereocenters. The molecule has 0 fully saturated rings. The maximum Gasteiger partial charge on any atom is 0.353 e. The number of nitrogens with two attached hydrogens (primary N) is 1. The van der Waals surface area contributed by atoms with Crippen LogP contribution in [-0.4, -0.2) is 31.6 Å². The van der Waals surface area contributed by atoms with Crippen molar-refractivity contribution < 1.29 is 4.92 Å². The Morgan fingerprint density at radius 1 is 1.35 bits per heavy atom. The fourth-order valence-electron chi connectivity index (χ4n) is 3.14. The van der Waals surface area contributed by atoms with Crippen molar-refractivity contribution in [1.29, 1.82) is 0 Å². The summed E-state index contributed by atoms with van der Waals surface area (Å²) in [5, 5.41) is 19.5. The number of H-pyrrole nitrogens is 1. The molecule has 3 N–H and O–H groups in total. The van der Waals surface area contributed by atoms with Gasteiger partial charge in [-0.25, -0.2) is 9.97 Å². The summed E-state index contributed by atoms with van der Waals surface area (Å²) in [5.74, 6) is 0.0689. The van der Waals surface area contributed by atoms with Gasteiger partial charge in [0.25, 0.3) is 0 Å². The number of aromatic amines is 1. The Morgan fingerprint density at radius 3 is 2.96 bits per heavy atom. The summed E-state index contributed by atoms with van der Waals surface area (Å²) >= 11 is 6.09. The molecule has 4 rings (SSSR count). The number of halogens is 1. The predicted octanol–water partition coefficient (Wildman–Crippen LogP) is 2.57. The molecule has 0 aliphatic carbocycles. The minimum Gasteiger partial charge on any atom is -0.378 e. The second-order valence-electron chi connectivity index (χ2n) is 5.90.